The van der Waals surface area contributed by atoms with Crippen LogP contribution < -0.4 is 20.1 Å². The zero-order valence-corrected chi connectivity index (χ0v) is 16.5. The van der Waals surface area contributed by atoms with Gasteiger partial charge in [-0.15, -0.1) is 0 Å². The third-order valence-corrected chi connectivity index (χ3v) is 4.14. The molecule has 2 amide bonds. The van der Waals surface area contributed by atoms with Gasteiger partial charge in [-0.25, -0.2) is 0 Å². The lowest BCUT2D eigenvalue weighted by molar-refractivity contribution is 0.0961. The van der Waals surface area contributed by atoms with Crippen LogP contribution in [-0.4, -0.2) is 32.6 Å². The zero-order chi connectivity index (χ0) is 19.1. The lowest BCUT2D eigenvalue weighted by Gasteiger charge is -2.14. The number of methoxy groups -OCH3 is 1. The van der Waals surface area contributed by atoms with E-state index in [2.05, 4.69) is 26.6 Å². The predicted octanol–water partition coefficient (Wildman–Crippen LogP) is 3.86. The monoisotopic (exact) mass is 420 g/mol. The Morgan fingerprint density at radius 3 is 2.54 bits per heavy atom. The summed E-state index contributed by atoms with van der Waals surface area (Å²) in [6.07, 6.45) is 0.861. The van der Waals surface area contributed by atoms with Crippen LogP contribution in [0.5, 0.6) is 11.5 Å². The molecule has 0 aliphatic carbocycles. The molecule has 0 heterocycles. The molecule has 2 N–H and O–H groups in total. The lowest BCUT2D eigenvalue weighted by atomic mass is 10.1. The maximum Gasteiger partial charge on any atom is 0.255 e. The quantitative estimate of drug-likeness (QED) is 0.712. The molecule has 0 aliphatic heterocycles. The van der Waals surface area contributed by atoms with Crippen molar-refractivity contribution in [2.24, 2.45) is 0 Å². The van der Waals surface area contributed by atoms with E-state index in [4.69, 9.17) is 9.47 Å². The van der Waals surface area contributed by atoms with Gasteiger partial charge in [0.1, 0.15) is 0 Å². The summed E-state index contributed by atoms with van der Waals surface area (Å²) >= 11 is 3.42. The Morgan fingerprint density at radius 2 is 1.88 bits per heavy atom. The number of rotatable bonds is 7. The minimum absolute atomic E-state index is 0.220. The van der Waals surface area contributed by atoms with Crippen molar-refractivity contribution in [1.29, 1.82) is 0 Å². The van der Waals surface area contributed by atoms with Gasteiger partial charge in [0.25, 0.3) is 11.8 Å². The Morgan fingerprint density at radius 1 is 1.12 bits per heavy atom. The fraction of sp³-hybridized carbons (Fsp3) is 0.263. The van der Waals surface area contributed by atoms with Gasteiger partial charge in [-0.2, -0.15) is 0 Å². The number of anilines is 1. The summed E-state index contributed by atoms with van der Waals surface area (Å²) in [6.45, 7) is 2.56. The normalized spacial score (nSPS) is 10.2. The van der Waals surface area contributed by atoms with E-state index in [1.165, 1.54) is 7.11 Å². The molecule has 0 atom stereocenters. The molecule has 2 rings (SSSR count). The van der Waals surface area contributed by atoms with Crippen LogP contribution in [0.15, 0.2) is 40.9 Å². The molecule has 0 aliphatic rings. The molecule has 7 heteroatoms. The van der Waals surface area contributed by atoms with E-state index in [1.807, 2.05) is 6.92 Å². The number of hydrogen-bond acceptors (Lipinski definition) is 4. The van der Waals surface area contributed by atoms with E-state index in [0.29, 0.717) is 39.4 Å². The average molecular weight is 421 g/mol. The first kappa shape index (κ1) is 19.8. The van der Waals surface area contributed by atoms with E-state index in [9.17, 15) is 9.59 Å². The maximum atomic E-state index is 12.6. The van der Waals surface area contributed by atoms with Crippen LogP contribution >= 0.6 is 15.9 Å². The Hall–Kier alpha value is -2.54. The van der Waals surface area contributed by atoms with Gasteiger partial charge in [0.15, 0.2) is 11.5 Å². The van der Waals surface area contributed by atoms with Crippen molar-refractivity contribution in [3.8, 4) is 11.5 Å². The first-order valence-corrected chi connectivity index (χ1v) is 8.93. The van der Waals surface area contributed by atoms with Crippen LogP contribution in [0.3, 0.4) is 0 Å². The van der Waals surface area contributed by atoms with Gasteiger partial charge < -0.3 is 20.1 Å². The Kier molecular flexibility index (Phi) is 7.03. The summed E-state index contributed by atoms with van der Waals surface area (Å²) in [5.74, 6) is 0.493. The second-order valence-corrected chi connectivity index (χ2v) is 6.31. The van der Waals surface area contributed by atoms with E-state index in [-0.39, 0.29) is 11.8 Å². The summed E-state index contributed by atoms with van der Waals surface area (Å²) in [7, 11) is 3.08. The van der Waals surface area contributed by atoms with Crippen molar-refractivity contribution in [1.82, 2.24) is 5.32 Å². The molecule has 0 fully saturated rings. The first-order valence-electron chi connectivity index (χ1n) is 8.14. The molecular formula is C19H21BrN2O4. The van der Waals surface area contributed by atoms with Crippen molar-refractivity contribution in [2.45, 2.75) is 13.3 Å². The van der Waals surface area contributed by atoms with Crippen molar-refractivity contribution >= 4 is 33.4 Å². The lowest BCUT2D eigenvalue weighted by Crippen LogP contribution is -2.18. The predicted molar refractivity (Wildman–Crippen MR) is 104 cm³/mol. The van der Waals surface area contributed by atoms with Crippen molar-refractivity contribution in [3.63, 3.8) is 0 Å². The molecule has 0 saturated heterocycles. The van der Waals surface area contributed by atoms with Gasteiger partial charge in [-0.3, -0.25) is 9.59 Å². The van der Waals surface area contributed by atoms with Crippen molar-refractivity contribution < 1.29 is 19.1 Å². The molecule has 26 heavy (non-hydrogen) atoms. The van der Waals surface area contributed by atoms with Crippen LogP contribution in [0, 0.1) is 0 Å². The van der Waals surface area contributed by atoms with Gasteiger partial charge in [-0.1, -0.05) is 13.0 Å². The second kappa shape index (κ2) is 9.24. The largest absolute Gasteiger partial charge is 0.493 e. The maximum absolute atomic E-state index is 12.6. The fourth-order valence-electron chi connectivity index (χ4n) is 2.28. The summed E-state index contributed by atoms with van der Waals surface area (Å²) in [6, 6.07) is 10.0. The van der Waals surface area contributed by atoms with Gasteiger partial charge in [-0.05, 0) is 52.7 Å². The third-order valence-electron chi connectivity index (χ3n) is 3.55. The molecule has 2 aromatic carbocycles. The van der Waals surface area contributed by atoms with Crippen LogP contribution in [0.1, 0.15) is 34.1 Å². The number of nitrogens with one attached hydrogen (secondary N) is 2. The molecule has 138 valence electrons. The molecule has 2 aromatic rings. The molecular weight excluding hydrogens is 400 g/mol. The molecule has 0 radical (unpaired) electrons. The van der Waals surface area contributed by atoms with Crippen molar-refractivity contribution in [3.05, 3.63) is 52.0 Å². The van der Waals surface area contributed by atoms with Gasteiger partial charge in [0, 0.05) is 23.9 Å². The smallest absolute Gasteiger partial charge is 0.255 e. The number of carbonyl (C=O) groups is 2. The number of halogens is 1. The van der Waals surface area contributed by atoms with Crippen molar-refractivity contribution in [2.75, 3.05) is 26.1 Å². The Labute approximate surface area is 161 Å². The Bertz CT molecular complexity index is 808. The summed E-state index contributed by atoms with van der Waals surface area (Å²) in [5, 5.41) is 5.33. The highest BCUT2D eigenvalue weighted by molar-refractivity contribution is 9.10. The Balaban J connectivity index is 2.24. The molecule has 0 saturated carbocycles. The van der Waals surface area contributed by atoms with Gasteiger partial charge in [0.05, 0.1) is 18.2 Å². The fourth-order valence-corrected chi connectivity index (χ4v) is 2.84. The highest BCUT2D eigenvalue weighted by atomic mass is 79.9. The number of ether oxygens (including phenoxy) is 2. The topological polar surface area (TPSA) is 76.7 Å². The van der Waals surface area contributed by atoms with Crippen LogP contribution in [0.25, 0.3) is 0 Å². The van der Waals surface area contributed by atoms with Gasteiger partial charge >= 0.3 is 0 Å². The third kappa shape index (κ3) is 4.76. The second-order valence-electron chi connectivity index (χ2n) is 5.45. The van der Waals surface area contributed by atoms with E-state index in [0.717, 1.165) is 6.42 Å². The number of benzene rings is 2. The summed E-state index contributed by atoms with van der Waals surface area (Å²) < 4.78 is 11.6. The molecule has 0 aromatic heterocycles. The minimum Gasteiger partial charge on any atom is -0.493 e. The molecule has 0 bridgehead atoms. The number of amides is 2. The van der Waals surface area contributed by atoms with Crippen LogP contribution in [0.4, 0.5) is 5.69 Å². The van der Waals surface area contributed by atoms with Gasteiger partial charge in [0.2, 0.25) is 0 Å². The number of hydrogen-bond donors (Lipinski definition) is 2. The van der Waals surface area contributed by atoms with Crippen LogP contribution in [-0.2, 0) is 0 Å². The highest BCUT2D eigenvalue weighted by Gasteiger charge is 2.16. The average Bonchev–Trinajstić information content (AvgIpc) is 2.65. The van der Waals surface area contributed by atoms with Crippen LogP contribution in [0.2, 0.25) is 0 Å². The molecule has 0 unspecified atom stereocenters. The van der Waals surface area contributed by atoms with E-state index < -0.39 is 0 Å². The van der Waals surface area contributed by atoms with E-state index >= 15 is 0 Å². The SMILES string of the molecule is CCCOc1c(Br)cc(C(=O)Nc2cccc(C(=O)NC)c2)cc1OC. The highest BCUT2D eigenvalue weighted by Crippen LogP contribution is 2.37. The first-order chi connectivity index (χ1) is 12.5. The summed E-state index contributed by atoms with van der Waals surface area (Å²) in [4.78, 5) is 24.3. The number of carbonyl (C=O) groups excluding carboxylic acids is 2. The molecule has 6 nitrogen and oxygen atoms in total. The minimum atomic E-state index is -0.319. The zero-order valence-electron chi connectivity index (χ0n) is 14.9. The van der Waals surface area contributed by atoms with E-state index in [1.54, 1.807) is 43.4 Å². The summed E-state index contributed by atoms with van der Waals surface area (Å²) in [5.41, 5.74) is 1.40. The molecule has 0 spiro atoms. The standard InChI is InChI=1S/C19H21BrN2O4/c1-4-8-26-17-15(20)10-13(11-16(17)25-3)19(24)22-14-7-5-6-12(9-14)18(23)21-2/h5-7,9-11H,4,8H2,1-3H3,(H,21,23)(H,22,24).